The molecule has 0 spiro atoms. The van der Waals surface area contributed by atoms with Gasteiger partial charge in [-0.3, -0.25) is 19.7 Å². The van der Waals surface area contributed by atoms with Crippen molar-refractivity contribution in [2.24, 2.45) is 0 Å². The quantitative estimate of drug-likeness (QED) is 0.415. The maximum atomic E-state index is 12.6. The molecule has 0 aliphatic carbocycles. The fraction of sp³-hybridized carbons (Fsp3) is 0.476. The lowest BCUT2D eigenvalue weighted by Crippen LogP contribution is -2.52. The minimum absolute atomic E-state index is 0.185. The number of aliphatic hydroxyl groups is 1. The van der Waals surface area contributed by atoms with E-state index in [-0.39, 0.29) is 24.8 Å². The van der Waals surface area contributed by atoms with Crippen molar-refractivity contribution in [1.29, 1.82) is 0 Å². The van der Waals surface area contributed by atoms with Crippen LogP contribution in [0.4, 0.5) is 0 Å². The zero-order valence-electron chi connectivity index (χ0n) is 15.7. The van der Waals surface area contributed by atoms with Gasteiger partial charge in [-0.05, 0) is 49.4 Å². The number of hydrogen-bond donors (Lipinski definition) is 2. The largest absolute Gasteiger partial charge is 0.396 e. The summed E-state index contributed by atoms with van der Waals surface area (Å²) in [7, 11) is 0. The predicted octanol–water partition coefficient (Wildman–Crippen LogP) is 0.978. The van der Waals surface area contributed by atoms with Gasteiger partial charge in [-0.15, -0.1) is 0 Å². The second kappa shape index (κ2) is 9.49. The predicted molar refractivity (Wildman–Crippen MR) is 101 cm³/mol. The number of nitrogens with one attached hydrogen (secondary N) is 1. The van der Waals surface area contributed by atoms with Gasteiger partial charge in [0.05, 0.1) is 0 Å². The number of carbonyl (C=O) groups is 3. The van der Waals surface area contributed by atoms with E-state index in [4.69, 9.17) is 9.84 Å². The number of fused-ring (bicyclic) bond motifs is 1. The molecule has 3 amide bonds. The maximum Gasteiger partial charge on any atom is 0.255 e. The average Bonchev–Trinajstić information content (AvgIpc) is 3.00. The molecule has 7 heteroatoms. The highest BCUT2D eigenvalue weighted by Gasteiger charge is 2.38. The van der Waals surface area contributed by atoms with Crippen molar-refractivity contribution >= 4 is 17.7 Å². The molecule has 0 bridgehead atoms. The number of amides is 3. The number of unbranched alkanes of at least 4 members (excludes halogenated alkanes) is 2. The standard InChI is InChI=1S/C21H24N2O5/c24-10-2-1-3-11-28-12-4-5-15-6-7-17-16(13-15)14-23(21(17)27)18-8-9-19(25)22-20(18)26/h6-7,13,18,24H,1-3,8-12,14H2,(H,22,25,26). The molecule has 28 heavy (non-hydrogen) atoms. The number of aliphatic hydroxyl groups excluding tert-OH is 1. The van der Waals surface area contributed by atoms with E-state index in [0.29, 0.717) is 31.7 Å². The van der Waals surface area contributed by atoms with E-state index in [1.807, 2.05) is 6.07 Å². The first kappa shape index (κ1) is 20.1. The Morgan fingerprint density at radius 3 is 2.86 bits per heavy atom. The van der Waals surface area contributed by atoms with Crippen LogP contribution in [0, 0.1) is 11.8 Å². The second-order valence-corrected chi connectivity index (χ2v) is 6.91. The van der Waals surface area contributed by atoms with Crippen LogP contribution >= 0.6 is 0 Å². The van der Waals surface area contributed by atoms with Crippen LogP contribution in [0.5, 0.6) is 0 Å². The molecule has 1 aromatic carbocycles. The molecule has 1 fully saturated rings. The van der Waals surface area contributed by atoms with Crippen molar-refractivity contribution < 1.29 is 24.2 Å². The average molecular weight is 384 g/mol. The summed E-state index contributed by atoms with van der Waals surface area (Å²) in [6, 6.07) is 4.79. The molecule has 2 aliphatic rings. The lowest BCUT2D eigenvalue weighted by atomic mass is 10.0. The Hall–Kier alpha value is -2.69. The van der Waals surface area contributed by atoms with Crippen LogP contribution in [0.2, 0.25) is 0 Å². The van der Waals surface area contributed by atoms with Crippen LogP contribution in [0.15, 0.2) is 18.2 Å². The third-order valence-electron chi connectivity index (χ3n) is 4.88. The first-order valence-corrected chi connectivity index (χ1v) is 9.55. The Morgan fingerprint density at radius 1 is 1.21 bits per heavy atom. The van der Waals surface area contributed by atoms with E-state index in [9.17, 15) is 14.4 Å². The SMILES string of the molecule is O=C1CCC(N2Cc3cc(C#CCOCCCCCO)ccc3C2=O)C(=O)N1. The van der Waals surface area contributed by atoms with Gasteiger partial charge in [0.1, 0.15) is 12.6 Å². The van der Waals surface area contributed by atoms with Gasteiger partial charge in [-0.1, -0.05) is 11.8 Å². The lowest BCUT2D eigenvalue weighted by molar-refractivity contribution is -0.136. The summed E-state index contributed by atoms with van der Waals surface area (Å²) in [6.07, 6.45) is 3.23. The number of nitrogens with zero attached hydrogens (tertiary/aromatic N) is 1. The van der Waals surface area contributed by atoms with Crippen LogP contribution in [0.3, 0.4) is 0 Å². The molecule has 0 aromatic heterocycles. The van der Waals surface area contributed by atoms with Crippen LogP contribution in [0.25, 0.3) is 0 Å². The van der Waals surface area contributed by atoms with Gasteiger partial charge in [0, 0.05) is 37.3 Å². The molecule has 1 saturated heterocycles. The smallest absolute Gasteiger partial charge is 0.255 e. The number of imide groups is 1. The summed E-state index contributed by atoms with van der Waals surface area (Å²) in [5.41, 5.74) is 2.21. The third-order valence-corrected chi connectivity index (χ3v) is 4.88. The number of hydrogen-bond acceptors (Lipinski definition) is 5. The van der Waals surface area contributed by atoms with Gasteiger partial charge >= 0.3 is 0 Å². The number of rotatable bonds is 7. The molecular weight excluding hydrogens is 360 g/mol. The summed E-state index contributed by atoms with van der Waals surface area (Å²) in [4.78, 5) is 37.5. The monoisotopic (exact) mass is 384 g/mol. The number of piperidine rings is 1. The first-order chi connectivity index (χ1) is 13.6. The summed E-state index contributed by atoms with van der Waals surface area (Å²) in [6.45, 7) is 1.50. The van der Waals surface area contributed by atoms with E-state index < -0.39 is 11.9 Å². The van der Waals surface area contributed by atoms with E-state index in [0.717, 1.165) is 30.4 Å². The highest BCUT2D eigenvalue weighted by atomic mass is 16.5. The van der Waals surface area contributed by atoms with Gasteiger partial charge < -0.3 is 14.7 Å². The van der Waals surface area contributed by atoms with Crippen molar-refractivity contribution in [2.75, 3.05) is 19.8 Å². The van der Waals surface area contributed by atoms with Gasteiger partial charge in [0.2, 0.25) is 11.8 Å². The molecule has 7 nitrogen and oxygen atoms in total. The second-order valence-electron chi connectivity index (χ2n) is 6.91. The maximum absolute atomic E-state index is 12.6. The van der Waals surface area contributed by atoms with Gasteiger partial charge in [0.15, 0.2) is 0 Å². The first-order valence-electron chi connectivity index (χ1n) is 9.55. The third kappa shape index (κ3) is 4.77. The topological polar surface area (TPSA) is 95.9 Å². The molecule has 3 rings (SSSR count). The summed E-state index contributed by atoms with van der Waals surface area (Å²) >= 11 is 0. The van der Waals surface area contributed by atoms with E-state index in [1.165, 1.54) is 4.90 Å². The molecule has 2 N–H and O–H groups in total. The van der Waals surface area contributed by atoms with Crippen LogP contribution in [0.1, 0.15) is 53.6 Å². The van der Waals surface area contributed by atoms with Gasteiger partial charge in [-0.25, -0.2) is 0 Å². The van der Waals surface area contributed by atoms with Crippen LogP contribution < -0.4 is 5.32 Å². The van der Waals surface area contributed by atoms with Gasteiger partial charge in [0.25, 0.3) is 5.91 Å². The zero-order valence-corrected chi connectivity index (χ0v) is 15.7. The molecule has 148 valence electrons. The van der Waals surface area contributed by atoms with Crippen LogP contribution in [-0.4, -0.2) is 53.6 Å². The van der Waals surface area contributed by atoms with Gasteiger partial charge in [-0.2, -0.15) is 0 Å². The Bertz CT molecular complexity index is 824. The summed E-state index contributed by atoms with van der Waals surface area (Å²) < 4.78 is 5.44. The Kier molecular flexibility index (Phi) is 6.80. The van der Waals surface area contributed by atoms with Crippen molar-refractivity contribution in [3.63, 3.8) is 0 Å². The fourth-order valence-corrected chi connectivity index (χ4v) is 3.41. The van der Waals surface area contributed by atoms with E-state index in [2.05, 4.69) is 17.2 Å². The molecule has 1 aromatic rings. The fourth-order valence-electron chi connectivity index (χ4n) is 3.41. The number of carbonyl (C=O) groups excluding carboxylic acids is 3. The van der Waals surface area contributed by atoms with E-state index >= 15 is 0 Å². The van der Waals surface area contributed by atoms with Crippen molar-refractivity contribution in [1.82, 2.24) is 10.2 Å². The molecular formula is C21H24N2O5. The molecule has 0 saturated carbocycles. The molecule has 0 radical (unpaired) electrons. The lowest BCUT2D eigenvalue weighted by Gasteiger charge is -2.29. The van der Waals surface area contributed by atoms with Crippen molar-refractivity contribution in [3.8, 4) is 11.8 Å². The van der Waals surface area contributed by atoms with Crippen molar-refractivity contribution in [3.05, 3.63) is 34.9 Å². The minimum Gasteiger partial charge on any atom is -0.396 e. The van der Waals surface area contributed by atoms with E-state index in [1.54, 1.807) is 12.1 Å². The molecule has 2 heterocycles. The number of ether oxygens (including phenoxy) is 1. The molecule has 1 atom stereocenters. The Balaban J connectivity index is 1.56. The molecule has 1 unspecified atom stereocenters. The summed E-state index contributed by atoms with van der Waals surface area (Å²) in [5.74, 6) is 5.10. The number of benzene rings is 1. The Labute approximate surface area is 164 Å². The van der Waals surface area contributed by atoms with Crippen LogP contribution in [-0.2, 0) is 20.9 Å². The highest BCUT2D eigenvalue weighted by molar-refractivity contribution is 6.05. The van der Waals surface area contributed by atoms with Crippen molar-refractivity contribution in [2.45, 2.75) is 44.7 Å². The minimum atomic E-state index is -0.605. The Morgan fingerprint density at radius 2 is 2.07 bits per heavy atom. The normalized spacial score (nSPS) is 18.5. The zero-order chi connectivity index (χ0) is 19.9. The summed E-state index contributed by atoms with van der Waals surface area (Å²) in [5, 5.41) is 11.0. The highest BCUT2D eigenvalue weighted by Crippen LogP contribution is 2.28. The molecule has 2 aliphatic heterocycles.